The fourth-order valence-corrected chi connectivity index (χ4v) is 4.62. The summed E-state index contributed by atoms with van der Waals surface area (Å²) < 4.78 is 6.23. The Balaban J connectivity index is 2.22. The second-order valence-corrected chi connectivity index (χ2v) is 9.05. The van der Waals surface area contributed by atoms with Crippen molar-refractivity contribution >= 4 is 12.1 Å². The predicted octanol–water partition coefficient (Wildman–Crippen LogP) is 4.83. The number of fused-ring (bicyclic) bond motifs is 2. The van der Waals surface area contributed by atoms with Crippen LogP contribution in [0.15, 0.2) is 11.6 Å². The molecule has 3 rings (SSSR count). The molecule has 0 radical (unpaired) electrons. The quantitative estimate of drug-likeness (QED) is 0.430. The molecule has 1 aliphatic carbocycles. The lowest BCUT2D eigenvalue weighted by Crippen LogP contribution is -2.49. The van der Waals surface area contributed by atoms with E-state index in [4.69, 9.17) is 4.74 Å². The van der Waals surface area contributed by atoms with Gasteiger partial charge in [0.2, 0.25) is 0 Å². The molecule has 0 saturated carbocycles. The summed E-state index contributed by atoms with van der Waals surface area (Å²) >= 11 is 0. The topological polar surface area (TPSA) is 83.8 Å². The standard InChI is InChI=1S/C23H30O5/c1-12(2)8-17(25)19-20(26)15-10-23(13(3)4)7-6-14(5)9-18(23)28-22(15)16(11-24)21(19)27/h9,11-13,18,26-27H,6-8,10H2,1-5H3/t18-,23-/m1/s1. The minimum Gasteiger partial charge on any atom is -0.507 e. The Kier molecular flexibility index (Phi) is 5.30. The lowest BCUT2D eigenvalue weighted by atomic mass is 9.61. The number of hydrogen-bond acceptors (Lipinski definition) is 5. The van der Waals surface area contributed by atoms with Crippen LogP contribution in [0.5, 0.6) is 17.2 Å². The Labute approximate surface area is 166 Å². The zero-order chi connectivity index (χ0) is 20.8. The number of phenols is 2. The van der Waals surface area contributed by atoms with Gasteiger partial charge in [-0.15, -0.1) is 0 Å². The van der Waals surface area contributed by atoms with Crippen molar-refractivity contribution in [2.75, 3.05) is 0 Å². The first-order valence-corrected chi connectivity index (χ1v) is 10.1. The molecule has 1 aromatic carbocycles. The van der Waals surface area contributed by atoms with Crippen molar-refractivity contribution in [2.24, 2.45) is 17.3 Å². The van der Waals surface area contributed by atoms with Crippen molar-refractivity contribution in [2.45, 2.75) is 66.4 Å². The Hall–Kier alpha value is -2.30. The maximum Gasteiger partial charge on any atom is 0.170 e. The van der Waals surface area contributed by atoms with Gasteiger partial charge < -0.3 is 14.9 Å². The van der Waals surface area contributed by atoms with Crippen molar-refractivity contribution in [1.82, 2.24) is 0 Å². The Morgan fingerprint density at radius 2 is 1.96 bits per heavy atom. The lowest BCUT2D eigenvalue weighted by molar-refractivity contribution is 0.00461. The highest BCUT2D eigenvalue weighted by Gasteiger charge is 2.49. The highest BCUT2D eigenvalue weighted by molar-refractivity contribution is 6.05. The summed E-state index contributed by atoms with van der Waals surface area (Å²) in [6.07, 6.45) is 4.91. The van der Waals surface area contributed by atoms with E-state index in [1.165, 1.54) is 5.57 Å². The van der Waals surface area contributed by atoms with Gasteiger partial charge in [-0.25, -0.2) is 0 Å². The van der Waals surface area contributed by atoms with Gasteiger partial charge in [0, 0.05) is 17.4 Å². The SMILES string of the molecule is CC1=C[C@H]2Oc3c(C=O)c(O)c(C(=O)CC(C)C)c(O)c3C[C@@]2(C(C)C)CC1. The van der Waals surface area contributed by atoms with E-state index in [0.717, 1.165) is 12.8 Å². The van der Waals surface area contributed by atoms with Crippen LogP contribution < -0.4 is 4.74 Å². The summed E-state index contributed by atoms with van der Waals surface area (Å²) in [6.45, 7) is 10.1. The Bertz CT molecular complexity index is 849. The maximum absolute atomic E-state index is 12.7. The molecule has 0 amide bonds. The van der Waals surface area contributed by atoms with Gasteiger partial charge in [-0.1, -0.05) is 33.3 Å². The van der Waals surface area contributed by atoms with Gasteiger partial charge >= 0.3 is 0 Å². The second kappa shape index (κ2) is 7.26. The van der Waals surface area contributed by atoms with Crippen molar-refractivity contribution in [3.63, 3.8) is 0 Å². The molecule has 2 N–H and O–H groups in total. The molecular weight excluding hydrogens is 356 g/mol. The number of Topliss-reactive ketones (excluding diaryl/α,β-unsaturated/α-hetero) is 1. The molecule has 0 spiro atoms. The average molecular weight is 386 g/mol. The Morgan fingerprint density at radius 3 is 2.54 bits per heavy atom. The molecule has 0 fully saturated rings. The van der Waals surface area contributed by atoms with E-state index in [9.17, 15) is 19.8 Å². The number of rotatable bonds is 5. The van der Waals surface area contributed by atoms with Crippen LogP contribution in [-0.4, -0.2) is 28.4 Å². The second-order valence-electron chi connectivity index (χ2n) is 9.05. The molecule has 0 aromatic heterocycles. The summed E-state index contributed by atoms with van der Waals surface area (Å²) in [4.78, 5) is 24.5. The summed E-state index contributed by atoms with van der Waals surface area (Å²) in [6, 6.07) is 0. The number of allylic oxidation sites excluding steroid dienone is 1. The van der Waals surface area contributed by atoms with Gasteiger partial charge in [0.15, 0.2) is 12.1 Å². The first kappa shape index (κ1) is 20.4. The average Bonchev–Trinajstić information content (AvgIpc) is 2.60. The van der Waals surface area contributed by atoms with Gasteiger partial charge in [0.05, 0.1) is 5.56 Å². The minimum absolute atomic E-state index is 0.0473. The van der Waals surface area contributed by atoms with Crippen LogP contribution in [0.3, 0.4) is 0 Å². The van der Waals surface area contributed by atoms with Crippen LogP contribution in [0.2, 0.25) is 0 Å². The molecule has 1 heterocycles. The number of ether oxygens (including phenoxy) is 1. The van der Waals surface area contributed by atoms with E-state index in [-0.39, 0.29) is 58.2 Å². The smallest absolute Gasteiger partial charge is 0.170 e. The number of aldehydes is 1. The number of benzene rings is 1. The predicted molar refractivity (Wildman–Crippen MR) is 107 cm³/mol. The van der Waals surface area contributed by atoms with Crippen LogP contribution >= 0.6 is 0 Å². The molecular formula is C23H30O5. The lowest BCUT2D eigenvalue weighted by Gasteiger charge is -2.49. The number of hydrogen-bond donors (Lipinski definition) is 2. The molecule has 0 saturated heterocycles. The number of carbonyl (C=O) groups is 2. The van der Waals surface area contributed by atoms with E-state index in [2.05, 4.69) is 26.8 Å². The van der Waals surface area contributed by atoms with Gasteiger partial charge in [0.25, 0.3) is 0 Å². The number of carbonyl (C=O) groups excluding carboxylic acids is 2. The van der Waals surface area contributed by atoms with E-state index in [1.54, 1.807) is 0 Å². The molecule has 28 heavy (non-hydrogen) atoms. The van der Waals surface area contributed by atoms with Crippen molar-refractivity contribution in [3.8, 4) is 17.2 Å². The highest BCUT2D eigenvalue weighted by atomic mass is 16.5. The number of phenolic OH excluding ortho intramolecular Hbond substituents is 2. The van der Waals surface area contributed by atoms with E-state index >= 15 is 0 Å². The molecule has 1 aromatic rings. The summed E-state index contributed by atoms with van der Waals surface area (Å²) in [5, 5.41) is 21.6. The normalized spacial score (nSPS) is 23.7. The van der Waals surface area contributed by atoms with Crippen molar-refractivity contribution in [3.05, 3.63) is 28.3 Å². The summed E-state index contributed by atoms with van der Waals surface area (Å²) in [5.41, 5.74) is 1.27. The molecule has 5 heteroatoms. The van der Waals surface area contributed by atoms with E-state index < -0.39 is 5.75 Å². The van der Waals surface area contributed by atoms with Gasteiger partial charge in [-0.05, 0) is 44.1 Å². The molecule has 2 aliphatic rings. The maximum atomic E-state index is 12.7. The fraction of sp³-hybridized carbons (Fsp3) is 0.565. The van der Waals surface area contributed by atoms with Crippen LogP contribution in [0, 0.1) is 17.3 Å². The van der Waals surface area contributed by atoms with Crippen molar-refractivity contribution < 1.29 is 24.5 Å². The third kappa shape index (κ3) is 3.11. The first-order valence-electron chi connectivity index (χ1n) is 10.1. The molecule has 5 nitrogen and oxygen atoms in total. The van der Waals surface area contributed by atoms with E-state index in [0.29, 0.717) is 18.3 Å². The highest BCUT2D eigenvalue weighted by Crippen LogP contribution is 2.55. The first-order chi connectivity index (χ1) is 13.1. The molecule has 0 bridgehead atoms. The largest absolute Gasteiger partial charge is 0.507 e. The monoisotopic (exact) mass is 386 g/mol. The van der Waals surface area contributed by atoms with Crippen LogP contribution in [-0.2, 0) is 6.42 Å². The number of aromatic hydroxyl groups is 2. The summed E-state index contributed by atoms with van der Waals surface area (Å²) in [7, 11) is 0. The Morgan fingerprint density at radius 1 is 1.29 bits per heavy atom. The minimum atomic E-state index is -0.481. The van der Waals surface area contributed by atoms with Gasteiger partial charge in [-0.2, -0.15) is 0 Å². The van der Waals surface area contributed by atoms with Crippen LogP contribution in [0.4, 0.5) is 0 Å². The molecule has 0 unspecified atom stereocenters. The van der Waals surface area contributed by atoms with Gasteiger partial charge in [0.1, 0.15) is 28.9 Å². The van der Waals surface area contributed by atoms with Crippen LogP contribution in [0.25, 0.3) is 0 Å². The van der Waals surface area contributed by atoms with Crippen molar-refractivity contribution in [1.29, 1.82) is 0 Å². The molecule has 2 atom stereocenters. The third-order valence-corrected chi connectivity index (χ3v) is 6.41. The van der Waals surface area contributed by atoms with Gasteiger partial charge in [-0.3, -0.25) is 9.59 Å². The van der Waals surface area contributed by atoms with Crippen LogP contribution in [0.1, 0.15) is 80.2 Å². The fourth-order valence-electron chi connectivity index (χ4n) is 4.62. The summed E-state index contributed by atoms with van der Waals surface area (Å²) in [5.74, 6) is -0.540. The zero-order valence-corrected chi connectivity index (χ0v) is 17.3. The number of ketones is 1. The zero-order valence-electron chi connectivity index (χ0n) is 17.3. The third-order valence-electron chi connectivity index (χ3n) is 6.41. The molecule has 152 valence electrons. The molecule has 1 aliphatic heterocycles. The van der Waals surface area contributed by atoms with E-state index in [1.807, 2.05) is 13.8 Å².